The van der Waals surface area contributed by atoms with Gasteiger partial charge in [-0.25, -0.2) is 9.78 Å². The third kappa shape index (κ3) is 7.45. The van der Waals surface area contributed by atoms with Crippen LogP contribution in [0.4, 0.5) is 11.5 Å². The molecular formula is C20H23N3O5. The average Bonchev–Trinajstić information content (AvgIpc) is 2.71. The van der Waals surface area contributed by atoms with Gasteiger partial charge in [0.2, 0.25) is 0 Å². The Bertz CT molecular complexity index is 788. The minimum absolute atomic E-state index is 0.0607. The second kappa shape index (κ2) is 11.3. The summed E-state index contributed by atoms with van der Waals surface area (Å²) >= 11 is 0. The number of hydrogen-bond donors (Lipinski definition) is 1. The molecule has 0 radical (unpaired) electrons. The van der Waals surface area contributed by atoms with Crippen LogP contribution in [0.1, 0.15) is 25.3 Å². The van der Waals surface area contributed by atoms with Crippen LogP contribution < -0.4 is 10.1 Å². The summed E-state index contributed by atoms with van der Waals surface area (Å²) in [6, 6.07) is 10.4. The fraction of sp³-hybridized carbons (Fsp3) is 0.300. The number of pyridine rings is 1. The Kier molecular flexibility index (Phi) is 8.45. The van der Waals surface area contributed by atoms with Gasteiger partial charge in [-0.15, -0.1) is 0 Å². The van der Waals surface area contributed by atoms with E-state index in [-0.39, 0.29) is 12.3 Å². The van der Waals surface area contributed by atoms with Crippen LogP contribution in [0.2, 0.25) is 0 Å². The summed E-state index contributed by atoms with van der Waals surface area (Å²) in [5.74, 6) is 0.916. The summed E-state index contributed by atoms with van der Waals surface area (Å²) in [7, 11) is 0. The van der Waals surface area contributed by atoms with Gasteiger partial charge in [0.15, 0.2) is 0 Å². The van der Waals surface area contributed by atoms with Crippen molar-refractivity contribution in [1.82, 2.24) is 4.98 Å². The fourth-order valence-electron chi connectivity index (χ4n) is 2.17. The Morgan fingerprint density at radius 1 is 1.21 bits per heavy atom. The summed E-state index contributed by atoms with van der Waals surface area (Å²) in [5.41, 5.74) is 0.820. The standard InChI is InChI=1S/C20H23N3O5/c1-2-13-27-18-8-4-16(5-9-18)6-11-20(24)28-14-3-12-21-19-10-7-17(15-22-19)23(25)26/h4-11,15H,2-3,12-14H2,1H3,(H,21,22)/b11-6+. The number of hydrogen-bond acceptors (Lipinski definition) is 7. The minimum Gasteiger partial charge on any atom is -0.494 e. The fourth-order valence-corrected chi connectivity index (χ4v) is 2.17. The van der Waals surface area contributed by atoms with Gasteiger partial charge in [-0.05, 0) is 42.7 Å². The molecule has 0 saturated carbocycles. The molecule has 0 aliphatic carbocycles. The lowest BCUT2D eigenvalue weighted by Crippen LogP contribution is -2.09. The van der Waals surface area contributed by atoms with Gasteiger partial charge in [0.25, 0.3) is 5.69 Å². The summed E-state index contributed by atoms with van der Waals surface area (Å²) in [6.07, 6.45) is 5.79. The number of nitrogens with one attached hydrogen (secondary N) is 1. The molecular weight excluding hydrogens is 362 g/mol. The number of carbonyl (C=O) groups is 1. The molecule has 2 aromatic rings. The maximum atomic E-state index is 11.7. The molecule has 0 amide bonds. The molecule has 8 nitrogen and oxygen atoms in total. The first-order chi connectivity index (χ1) is 13.6. The monoisotopic (exact) mass is 385 g/mol. The smallest absolute Gasteiger partial charge is 0.330 e. The van der Waals surface area contributed by atoms with E-state index < -0.39 is 10.9 Å². The molecule has 28 heavy (non-hydrogen) atoms. The molecule has 2 rings (SSSR count). The van der Waals surface area contributed by atoms with E-state index in [9.17, 15) is 14.9 Å². The van der Waals surface area contributed by atoms with Gasteiger partial charge in [0.1, 0.15) is 17.8 Å². The first-order valence-electron chi connectivity index (χ1n) is 9.00. The SMILES string of the molecule is CCCOc1ccc(/C=C/C(=O)OCCCNc2ccc([N+](=O)[O-])cn2)cc1. The summed E-state index contributed by atoms with van der Waals surface area (Å²) in [5, 5.41) is 13.6. The highest BCUT2D eigenvalue weighted by molar-refractivity contribution is 5.87. The zero-order chi connectivity index (χ0) is 20.2. The molecule has 0 saturated heterocycles. The van der Waals surface area contributed by atoms with Gasteiger partial charge >= 0.3 is 5.97 Å². The molecule has 148 valence electrons. The number of aromatic nitrogens is 1. The van der Waals surface area contributed by atoms with Crippen molar-refractivity contribution < 1.29 is 19.2 Å². The zero-order valence-corrected chi connectivity index (χ0v) is 15.7. The van der Waals surface area contributed by atoms with Gasteiger partial charge in [0.05, 0.1) is 18.1 Å². The lowest BCUT2D eigenvalue weighted by Gasteiger charge is -2.05. The van der Waals surface area contributed by atoms with E-state index in [2.05, 4.69) is 10.3 Å². The molecule has 0 bridgehead atoms. The molecule has 0 fully saturated rings. The summed E-state index contributed by atoms with van der Waals surface area (Å²) in [6.45, 7) is 3.51. The number of benzene rings is 1. The van der Waals surface area contributed by atoms with E-state index in [4.69, 9.17) is 9.47 Å². The normalized spacial score (nSPS) is 10.6. The molecule has 0 spiro atoms. The van der Waals surface area contributed by atoms with Crippen molar-refractivity contribution in [1.29, 1.82) is 0 Å². The lowest BCUT2D eigenvalue weighted by atomic mass is 10.2. The number of carbonyl (C=O) groups excluding carboxylic acids is 1. The van der Waals surface area contributed by atoms with Crippen molar-refractivity contribution in [2.45, 2.75) is 19.8 Å². The van der Waals surface area contributed by atoms with Crippen molar-refractivity contribution >= 4 is 23.6 Å². The molecule has 1 aromatic heterocycles. The third-order valence-electron chi connectivity index (χ3n) is 3.60. The van der Waals surface area contributed by atoms with Crippen molar-refractivity contribution in [3.8, 4) is 5.75 Å². The second-order valence-electron chi connectivity index (χ2n) is 5.86. The van der Waals surface area contributed by atoms with E-state index in [0.717, 1.165) is 17.7 Å². The highest BCUT2D eigenvalue weighted by atomic mass is 16.6. The molecule has 1 aromatic carbocycles. The predicted octanol–water partition coefficient (Wildman–Crippen LogP) is 3.84. The van der Waals surface area contributed by atoms with E-state index in [1.54, 1.807) is 6.08 Å². The van der Waals surface area contributed by atoms with E-state index in [1.807, 2.05) is 31.2 Å². The maximum Gasteiger partial charge on any atom is 0.330 e. The van der Waals surface area contributed by atoms with Crippen LogP contribution in [0, 0.1) is 10.1 Å². The maximum absolute atomic E-state index is 11.7. The number of ether oxygens (including phenoxy) is 2. The first kappa shape index (κ1) is 20.9. The van der Waals surface area contributed by atoms with Crippen molar-refractivity contribution in [3.05, 3.63) is 64.3 Å². The average molecular weight is 385 g/mol. The van der Waals surface area contributed by atoms with Crippen LogP contribution in [0.25, 0.3) is 6.08 Å². The van der Waals surface area contributed by atoms with E-state index in [0.29, 0.717) is 25.4 Å². The molecule has 0 aliphatic rings. The van der Waals surface area contributed by atoms with Gasteiger partial charge in [-0.2, -0.15) is 0 Å². The molecule has 0 atom stereocenters. The zero-order valence-electron chi connectivity index (χ0n) is 15.7. The lowest BCUT2D eigenvalue weighted by molar-refractivity contribution is -0.385. The Hall–Kier alpha value is -3.42. The third-order valence-corrected chi connectivity index (χ3v) is 3.60. The number of esters is 1. The van der Waals surface area contributed by atoms with Crippen LogP contribution in [0.3, 0.4) is 0 Å². The number of nitrogens with zero attached hydrogens (tertiary/aromatic N) is 2. The highest BCUT2D eigenvalue weighted by Gasteiger charge is 2.04. The first-order valence-corrected chi connectivity index (χ1v) is 9.00. The quantitative estimate of drug-likeness (QED) is 0.206. The Balaban J connectivity index is 1.64. The van der Waals surface area contributed by atoms with Crippen molar-refractivity contribution in [3.63, 3.8) is 0 Å². The molecule has 1 N–H and O–H groups in total. The number of nitro groups is 1. The summed E-state index contributed by atoms with van der Waals surface area (Å²) in [4.78, 5) is 25.7. The van der Waals surface area contributed by atoms with Gasteiger partial charge in [-0.3, -0.25) is 10.1 Å². The predicted molar refractivity (Wildman–Crippen MR) is 106 cm³/mol. The van der Waals surface area contributed by atoms with Crippen LogP contribution in [-0.2, 0) is 9.53 Å². The van der Waals surface area contributed by atoms with E-state index >= 15 is 0 Å². The molecule has 1 heterocycles. The van der Waals surface area contributed by atoms with Crippen LogP contribution in [0.5, 0.6) is 5.75 Å². The topological polar surface area (TPSA) is 104 Å². The van der Waals surface area contributed by atoms with Crippen LogP contribution in [0.15, 0.2) is 48.7 Å². The van der Waals surface area contributed by atoms with Crippen LogP contribution >= 0.6 is 0 Å². The van der Waals surface area contributed by atoms with E-state index in [1.165, 1.54) is 24.4 Å². The van der Waals surface area contributed by atoms with Gasteiger partial charge in [-0.1, -0.05) is 19.1 Å². The Morgan fingerprint density at radius 2 is 2.00 bits per heavy atom. The van der Waals surface area contributed by atoms with Crippen molar-refractivity contribution in [2.24, 2.45) is 0 Å². The van der Waals surface area contributed by atoms with Gasteiger partial charge in [0, 0.05) is 18.7 Å². The second-order valence-corrected chi connectivity index (χ2v) is 5.86. The highest BCUT2D eigenvalue weighted by Crippen LogP contribution is 2.14. The molecule has 8 heteroatoms. The largest absolute Gasteiger partial charge is 0.494 e. The van der Waals surface area contributed by atoms with Crippen molar-refractivity contribution in [2.75, 3.05) is 25.1 Å². The van der Waals surface area contributed by atoms with Gasteiger partial charge < -0.3 is 14.8 Å². The van der Waals surface area contributed by atoms with Crippen LogP contribution in [-0.4, -0.2) is 35.6 Å². The Morgan fingerprint density at radius 3 is 2.64 bits per heavy atom. The molecule has 0 aliphatic heterocycles. The molecule has 0 unspecified atom stereocenters. The number of anilines is 1. The number of rotatable bonds is 11. The minimum atomic E-state index is -0.502. The summed E-state index contributed by atoms with van der Waals surface area (Å²) < 4.78 is 10.6. The Labute approximate surface area is 163 Å².